The van der Waals surface area contributed by atoms with Crippen molar-refractivity contribution in [2.24, 2.45) is 5.84 Å². The topological polar surface area (TPSA) is 99.7 Å². The molecule has 1 aromatic heterocycles. The number of hydrazine groups is 1. The summed E-state index contributed by atoms with van der Waals surface area (Å²) < 4.78 is 0. The van der Waals surface area contributed by atoms with Crippen LogP contribution in [-0.2, 0) is 0 Å². The number of aromatic nitrogens is 2. The number of benzene rings is 1. The minimum absolute atomic E-state index is 0.417. The predicted molar refractivity (Wildman–Crippen MR) is 69.3 cm³/mol. The first kappa shape index (κ1) is 12.1. The molecule has 0 spiro atoms. The van der Waals surface area contributed by atoms with E-state index in [-0.39, 0.29) is 0 Å². The van der Waals surface area contributed by atoms with Crippen LogP contribution in [0.3, 0.4) is 0 Å². The average Bonchev–Trinajstić information content (AvgIpc) is 2.39. The number of hydrogen-bond donors (Lipinski definition) is 3. The second kappa shape index (κ2) is 5.31. The maximum Gasteiger partial charge on any atom is 0.160 e. The molecule has 6 nitrogen and oxygen atoms in total. The van der Waals surface area contributed by atoms with Gasteiger partial charge in [-0.05, 0) is 18.2 Å². The largest absolute Gasteiger partial charge is 0.338 e. The number of nitrogens with one attached hydrogen (secondary N) is 2. The Hall–Kier alpha value is -2.36. The molecule has 0 saturated carbocycles. The normalized spacial score (nSPS) is 9.61. The van der Waals surface area contributed by atoms with Gasteiger partial charge in [0.2, 0.25) is 0 Å². The van der Waals surface area contributed by atoms with Crippen LogP contribution in [0, 0.1) is 11.3 Å². The molecule has 0 bridgehead atoms. The molecule has 7 heteroatoms. The zero-order chi connectivity index (χ0) is 13.0. The van der Waals surface area contributed by atoms with E-state index in [1.807, 2.05) is 0 Å². The van der Waals surface area contributed by atoms with Crippen LogP contribution in [0.5, 0.6) is 0 Å². The summed E-state index contributed by atoms with van der Waals surface area (Å²) in [5.41, 5.74) is 3.42. The molecule has 0 fully saturated rings. The van der Waals surface area contributed by atoms with Gasteiger partial charge in [-0.2, -0.15) is 5.26 Å². The summed E-state index contributed by atoms with van der Waals surface area (Å²) >= 11 is 5.88. The molecular formula is C11H9ClN6. The summed E-state index contributed by atoms with van der Waals surface area (Å²) in [7, 11) is 0. The van der Waals surface area contributed by atoms with Crippen LogP contribution in [-0.4, -0.2) is 9.97 Å². The lowest BCUT2D eigenvalue weighted by Crippen LogP contribution is -2.09. The van der Waals surface area contributed by atoms with E-state index in [1.165, 1.54) is 12.4 Å². The van der Waals surface area contributed by atoms with E-state index in [2.05, 4.69) is 26.8 Å². The molecule has 2 rings (SSSR count). The quantitative estimate of drug-likeness (QED) is 0.577. The standard InChI is InChI=1S/C11H9ClN6/c12-8-2-1-7(4-13)9(3-8)16-10-5-15-6-11(17-10)18-14/h1-3,5-6H,14H2,(H2,16,17,18). The highest BCUT2D eigenvalue weighted by atomic mass is 35.5. The number of nitrogens with zero attached hydrogens (tertiary/aromatic N) is 3. The van der Waals surface area contributed by atoms with Gasteiger partial charge in [0, 0.05) is 5.02 Å². The smallest absolute Gasteiger partial charge is 0.160 e. The Morgan fingerprint density at radius 1 is 1.28 bits per heavy atom. The van der Waals surface area contributed by atoms with Crippen molar-refractivity contribution >= 4 is 28.9 Å². The minimum Gasteiger partial charge on any atom is -0.338 e. The molecular weight excluding hydrogens is 252 g/mol. The van der Waals surface area contributed by atoms with Crippen molar-refractivity contribution in [3.8, 4) is 6.07 Å². The van der Waals surface area contributed by atoms with Gasteiger partial charge in [0.1, 0.15) is 6.07 Å². The maximum atomic E-state index is 8.99. The molecule has 0 radical (unpaired) electrons. The van der Waals surface area contributed by atoms with Crippen molar-refractivity contribution in [1.29, 1.82) is 5.26 Å². The van der Waals surface area contributed by atoms with E-state index >= 15 is 0 Å². The van der Waals surface area contributed by atoms with Gasteiger partial charge in [0.25, 0.3) is 0 Å². The van der Waals surface area contributed by atoms with Crippen molar-refractivity contribution in [1.82, 2.24) is 9.97 Å². The zero-order valence-corrected chi connectivity index (χ0v) is 9.94. The third kappa shape index (κ3) is 2.66. The van der Waals surface area contributed by atoms with Crippen LogP contribution in [0.2, 0.25) is 5.02 Å². The molecule has 0 aliphatic rings. The first-order valence-electron chi connectivity index (χ1n) is 4.98. The summed E-state index contributed by atoms with van der Waals surface area (Å²) in [5, 5.41) is 12.5. The van der Waals surface area contributed by atoms with Crippen LogP contribution in [0.15, 0.2) is 30.6 Å². The van der Waals surface area contributed by atoms with Gasteiger partial charge in [0.15, 0.2) is 11.6 Å². The van der Waals surface area contributed by atoms with E-state index < -0.39 is 0 Å². The van der Waals surface area contributed by atoms with E-state index in [4.69, 9.17) is 22.7 Å². The Labute approximate surface area is 108 Å². The molecule has 0 aliphatic carbocycles. The highest BCUT2D eigenvalue weighted by Gasteiger charge is 2.05. The number of nitriles is 1. The lowest BCUT2D eigenvalue weighted by atomic mass is 10.2. The number of anilines is 3. The molecule has 1 heterocycles. The number of nitrogen functional groups attached to an aromatic ring is 1. The van der Waals surface area contributed by atoms with Crippen LogP contribution >= 0.6 is 11.6 Å². The van der Waals surface area contributed by atoms with Crippen molar-refractivity contribution in [3.05, 3.63) is 41.2 Å². The molecule has 18 heavy (non-hydrogen) atoms. The Balaban J connectivity index is 2.33. The van der Waals surface area contributed by atoms with E-state index in [1.54, 1.807) is 18.2 Å². The fourth-order valence-corrected chi connectivity index (χ4v) is 1.52. The maximum absolute atomic E-state index is 8.99. The van der Waals surface area contributed by atoms with Gasteiger partial charge in [-0.25, -0.2) is 10.8 Å². The fourth-order valence-electron chi connectivity index (χ4n) is 1.35. The van der Waals surface area contributed by atoms with Gasteiger partial charge >= 0.3 is 0 Å². The third-order valence-corrected chi connectivity index (χ3v) is 2.38. The summed E-state index contributed by atoms with van der Waals surface area (Å²) in [5.74, 6) is 6.12. The summed E-state index contributed by atoms with van der Waals surface area (Å²) in [6, 6.07) is 6.98. The third-order valence-electron chi connectivity index (χ3n) is 2.15. The minimum atomic E-state index is 0.417. The predicted octanol–water partition coefficient (Wildman–Crippen LogP) is 2.03. The first-order valence-corrected chi connectivity index (χ1v) is 5.36. The van der Waals surface area contributed by atoms with E-state index in [9.17, 15) is 0 Å². The van der Waals surface area contributed by atoms with Crippen LogP contribution in [0.1, 0.15) is 5.56 Å². The molecule has 0 unspecified atom stereocenters. The van der Waals surface area contributed by atoms with Gasteiger partial charge in [-0.3, -0.25) is 4.98 Å². The lowest BCUT2D eigenvalue weighted by molar-refractivity contribution is 1.16. The molecule has 0 atom stereocenters. The van der Waals surface area contributed by atoms with E-state index in [0.29, 0.717) is 27.9 Å². The number of rotatable bonds is 3. The average molecular weight is 261 g/mol. The highest BCUT2D eigenvalue weighted by Crippen LogP contribution is 2.23. The van der Waals surface area contributed by atoms with Crippen LogP contribution in [0.4, 0.5) is 17.3 Å². The molecule has 0 amide bonds. The van der Waals surface area contributed by atoms with Gasteiger partial charge in [-0.15, -0.1) is 0 Å². The molecule has 0 aliphatic heterocycles. The van der Waals surface area contributed by atoms with Gasteiger partial charge < -0.3 is 10.7 Å². The fraction of sp³-hybridized carbons (Fsp3) is 0. The van der Waals surface area contributed by atoms with Crippen LogP contribution in [0.25, 0.3) is 0 Å². The number of nitrogens with two attached hydrogens (primary N) is 1. The highest BCUT2D eigenvalue weighted by molar-refractivity contribution is 6.30. The number of halogens is 1. The Morgan fingerprint density at radius 3 is 2.78 bits per heavy atom. The lowest BCUT2D eigenvalue weighted by Gasteiger charge is -2.08. The molecule has 90 valence electrons. The molecule has 2 aromatic rings. The Bertz CT molecular complexity index is 607. The Kier molecular flexibility index (Phi) is 3.57. The van der Waals surface area contributed by atoms with Crippen molar-refractivity contribution < 1.29 is 0 Å². The first-order chi connectivity index (χ1) is 8.72. The molecule has 4 N–H and O–H groups in total. The van der Waals surface area contributed by atoms with Gasteiger partial charge in [-0.1, -0.05) is 11.6 Å². The second-order valence-electron chi connectivity index (χ2n) is 3.36. The van der Waals surface area contributed by atoms with Crippen molar-refractivity contribution in [2.45, 2.75) is 0 Å². The van der Waals surface area contributed by atoms with Crippen LogP contribution < -0.4 is 16.6 Å². The molecule has 1 aromatic carbocycles. The Morgan fingerprint density at radius 2 is 2.06 bits per heavy atom. The van der Waals surface area contributed by atoms with Gasteiger partial charge in [0.05, 0.1) is 23.6 Å². The van der Waals surface area contributed by atoms with Crippen molar-refractivity contribution in [2.75, 3.05) is 10.7 Å². The second-order valence-corrected chi connectivity index (χ2v) is 3.80. The van der Waals surface area contributed by atoms with Crippen molar-refractivity contribution in [3.63, 3.8) is 0 Å². The summed E-state index contributed by atoms with van der Waals surface area (Å²) in [6.45, 7) is 0. The van der Waals surface area contributed by atoms with E-state index in [0.717, 1.165) is 0 Å². The summed E-state index contributed by atoms with van der Waals surface area (Å²) in [6.07, 6.45) is 3.00. The zero-order valence-electron chi connectivity index (χ0n) is 9.18. The monoisotopic (exact) mass is 260 g/mol. The SMILES string of the molecule is N#Cc1ccc(Cl)cc1Nc1cncc(NN)n1. The molecule has 0 saturated heterocycles. The number of hydrogen-bond acceptors (Lipinski definition) is 6. The summed E-state index contributed by atoms with van der Waals surface area (Å²) in [4.78, 5) is 8.08.